The maximum atomic E-state index is 13.1. The zero-order valence-electron chi connectivity index (χ0n) is 9.81. The Bertz CT molecular complexity index is 514. The molecule has 0 atom stereocenters. The maximum Gasteiger partial charge on any atom is 0.125 e. The van der Waals surface area contributed by atoms with Crippen LogP contribution in [0.3, 0.4) is 0 Å². The lowest BCUT2D eigenvalue weighted by Gasteiger charge is -2.19. The lowest BCUT2D eigenvalue weighted by Crippen LogP contribution is -2.10. The Morgan fingerprint density at radius 3 is 2.71 bits per heavy atom. The number of hydrogen-bond acceptors (Lipinski definition) is 3. The highest BCUT2D eigenvalue weighted by Gasteiger charge is 2.05. The number of rotatable bonds is 3. The number of nitrogens with one attached hydrogen (secondary N) is 1. The predicted molar refractivity (Wildman–Crippen MR) is 68.2 cm³/mol. The molecule has 88 valence electrons. The molecule has 0 saturated carbocycles. The van der Waals surface area contributed by atoms with Crippen molar-refractivity contribution in [3.8, 4) is 0 Å². The van der Waals surface area contributed by atoms with E-state index in [2.05, 4.69) is 10.3 Å². The summed E-state index contributed by atoms with van der Waals surface area (Å²) in [5, 5.41) is 3.02. The zero-order chi connectivity index (χ0) is 12.3. The smallest absolute Gasteiger partial charge is 0.125 e. The lowest BCUT2D eigenvalue weighted by atomic mass is 10.2. The fraction of sp³-hybridized carbons (Fsp3) is 0.154. The molecular weight excluding hydrogens is 217 g/mol. The molecule has 0 unspecified atom stereocenters. The highest BCUT2D eigenvalue weighted by Crippen LogP contribution is 2.24. The number of anilines is 3. The number of aromatic nitrogens is 1. The molecule has 0 spiro atoms. The van der Waals surface area contributed by atoms with Crippen LogP contribution in [-0.4, -0.2) is 19.1 Å². The van der Waals surface area contributed by atoms with Gasteiger partial charge in [0.1, 0.15) is 5.82 Å². The SMILES string of the molecule is CNc1cncc(N(C)c2cccc(F)c2)c1. The molecule has 0 fully saturated rings. The highest BCUT2D eigenvalue weighted by molar-refractivity contribution is 5.65. The third-order valence-electron chi connectivity index (χ3n) is 2.60. The minimum absolute atomic E-state index is 0.243. The Morgan fingerprint density at radius 2 is 2.00 bits per heavy atom. The van der Waals surface area contributed by atoms with Crippen molar-refractivity contribution in [2.24, 2.45) is 0 Å². The Labute approximate surface area is 99.9 Å². The first-order valence-corrected chi connectivity index (χ1v) is 5.33. The van der Waals surface area contributed by atoms with E-state index in [-0.39, 0.29) is 5.82 Å². The first kappa shape index (κ1) is 11.4. The summed E-state index contributed by atoms with van der Waals surface area (Å²) in [5.74, 6) is -0.243. The average molecular weight is 231 g/mol. The second-order valence-corrected chi connectivity index (χ2v) is 3.72. The van der Waals surface area contributed by atoms with Crippen LogP contribution in [0.15, 0.2) is 42.7 Å². The van der Waals surface area contributed by atoms with Gasteiger partial charge in [-0.2, -0.15) is 0 Å². The number of nitrogens with zero attached hydrogens (tertiary/aromatic N) is 2. The van der Waals surface area contributed by atoms with Gasteiger partial charge in [0, 0.05) is 19.8 Å². The summed E-state index contributed by atoms with van der Waals surface area (Å²) in [6.45, 7) is 0. The minimum atomic E-state index is -0.243. The van der Waals surface area contributed by atoms with Gasteiger partial charge in [0.05, 0.1) is 23.8 Å². The van der Waals surface area contributed by atoms with E-state index in [0.717, 1.165) is 17.1 Å². The summed E-state index contributed by atoms with van der Waals surface area (Å²) >= 11 is 0. The molecular formula is C13H14FN3. The average Bonchev–Trinajstić information content (AvgIpc) is 2.38. The summed E-state index contributed by atoms with van der Waals surface area (Å²) < 4.78 is 13.1. The Hall–Kier alpha value is -2.10. The van der Waals surface area contributed by atoms with E-state index in [1.165, 1.54) is 12.1 Å². The normalized spacial score (nSPS) is 10.1. The second kappa shape index (κ2) is 4.82. The van der Waals surface area contributed by atoms with Crippen molar-refractivity contribution in [1.82, 2.24) is 4.98 Å². The van der Waals surface area contributed by atoms with E-state index < -0.39 is 0 Å². The molecule has 0 saturated heterocycles. The van der Waals surface area contributed by atoms with Crippen molar-refractivity contribution >= 4 is 17.1 Å². The van der Waals surface area contributed by atoms with Crippen LogP contribution in [0.25, 0.3) is 0 Å². The largest absolute Gasteiger partial charge is 0.387 e. The second-order valence-electron chi connectivity index (χ2n) is 3.72. The Kier molecular flexibility index (Phi) is 3.23. The molecule has 2 rings (SSSR count). The van der Waals surface area contributed by atoms with Gasteiger partial charge in [-0.3, -0.25) is 4.98 Å². The van der Waals surface area contributed by atoms with Gasteiger partial charge < -0.3 is 10.2 Å². The van der Waals surface area contributed by atoms with Crippen LogP contribution >= 0.6 is 0 Å². The van der Waals surface area contributed by atoms with Crippen LogP contribution in [0.1, 0.15) is 0 Å². The van der Waals surface area contributed by atoms with Crippen molar-refractivity contribution in [1.29, 1.82) is 0 Å². The van der Waals surface area contributed by atoms with Crippen LogP contribution < -0.4 is 10.2 Å². The maximum absolute atomic E-state index is 13.1. The fourth-order valence-electron chi connectivity index (χ4n) is 1.58. The standard InChI is InChI=1S/C13H14FN3/c1-15-11-7-13(9-16-8-11)17(2)12-5-3-4-10(14)6-12/h3-9,15H,1-2H3. The quantitative estimate of drug-likeness (QED) is 0.880. The van der Waals surface area contributed by atoms with E-state index in [0.29, 0.717) is 0 Å². The number of halogens is 1. The fourth-order valence-corrected chi connectivity index (χ4v) is 1.58. The summed E-state index contributed by atoms with van der Waals surface area (Å²) in [7, 11) is 3.72. The lowest BCUT2D eigenvalue weighted by molar-refractivity contribution is 0.628. The van der Waals surface area contributed by atoms with Gasteiger partial charge in [-0.25, -0.2) is 4.39 Å². The molecule has 4 heteroatoms. The summed E-state index contributed by atoms with van der Waals surface area (Å²) in [6, 6.07) is 8.43. The first-order chi connectivity index (χ1) is 8.20. The molecule has 0 aliphatic rings. The molecule has 3 nitrogen and oxygen atoms in total. The molecule has 0 bridgehead atoms. The summed E-state index contributed by atoms with van der Waals surface area (Å²) in [6.07, 6.45) is 3.48. The number of hydrogen-bond donors (Lipinski definition) is 1. The van der Waals surface area contributed by atoms with Gasteiger partial charge in [0.15, 0.2) is 0 Å². The molecule has 0 radical (unpaired) electrons. The number of benzene rings is 1. The van der Waals surface area contributed by atoms with Gasteiger partial charge in [0.25, 0.3) is 0 Å². The van der Waals surface area contributed by atoms with Gasteiger partial charge in [-0.1, -0.05) is 6.07 Å². The van der Waals surface area contributed by atoms with Crippen molar-refractivity contribution in [3.63, 3.8) is 0 Å². The Morgan fingerprint density at radius 1 is 1.18 bits per heavy atom. The predicted octanol–water partition coefficient (Wildman–Crippen LogP) is 3.03. The van der Waals surface area contributed by atoms with Crippen molar-refractivity contribution in [2.75, 3.05) is 24.3 Å². The molecule has 0 amide bonds. The van der Waals surface area contributed by atoms with Crippen LogP contribution in [0.5, 0.6) is 0 Å². The topological polar surface area (TPSA) is 28.2 Å². The summed E-state index contributed by atoms with van der Waals surface area (Å²) in [4.78, 5) is 6.01. The molecule has 1 N–H and O–H groups in total. The van der Waals surface area contributed by atoms with E-state index in [1.807, 2.05) is 31.1 Å². The van der Waals surface area contributed by atoms with E-state index >= 15 is 0 Å². The molecule has 0 aliphatic heterocycles. The summed E-state index contributed by atoms with van der Waals surface area (Å²) in [5.41, 5.74) is 2.62. The van der Waals surface area contributed by atoms with Gasteiger partial charge in [-0.15, -0.1) is 0 Å². The molecule has 2 aromatic rings. The van der Waals surface area contributed by atoms with E-state index in [9.17, 15) is 4.39 Å². The highest BCUT2D eigenvalue weighted by atomic mass is 19.1. The third-order valence-corrected chi connectivity index (χ3v) is 2.60. The van der Waals surface area contributed by atoms with Crippen molar-refractivity contribution < 1.29 is 4.39 Å². The van der Waals surface area contributed by atoms with E-state index in [4.69, 9.17) is 0 Å². The molecule has 1 aromatic heterocycles. The monoisotopic (exact) mass is 231 g/mol. The van der Waals surface area contributed by atoms with Gasteiger partial charge >= 0.3 is 0 Å². The third kappa shape index (κ3) is 2.53. The van der Waals surface area contributed by atoms with E-state index in [1.54, 1.807) is 18.5 Å². The van der Waals surface area contributed by atoms with Crippen LogP contribution in [-0.2, 0) is 0 Å². The van der Waals surface area contributed by atoms with Crippen LogP contribution in [0, 0.1) is 5.82 Å². The molecule has 1 heterocycles. The minimum Gasteiger partial charge on any atom is -0.387 e. The number of pyridine rings is 1. The van der Waals surface area contributed by atoms with Crippen molar-refractivity contribution in [3.05, 3.63) is 48.5 Å². The van der Waals surface area contributed by atoms with Gasteiger partial charge in [0.2, 0.25) is 0 Å². The first-order valence-electron chi connectivity index (χ1n) is 5.33. The van der Waals surface area contributed by atoms with Gasteiger partial charge in [-0.05, 0) is 24.3 Å². The van der Waals surface area contributed by atoms with Crippen molar-refractivity contribution in [2.45, 2.75) is 0 Å². The molecule has 17 heavy (non-hydrogen) atoms. The Balaban J connectivity index is 2.33. The molecule has 1 aromatic carbocycles. The van der Waals surface area contributed by atoms with Crippen LogP contribution in [0.4, 0.5) is 21.5 Å². The molecule has 0 aliphatic carbocycles. The van der Waals surface area contributed by atoms with Crippen LogP contribution in [0.2, 0.25) is 0 Å². The zero-order valence-corrected chi connectivity index (χ0v) is 9.81.